The Morgan fingerprint density at radius 1 is 1.58 bits per heavy atom. The highest BCUT2D eigenvalue weighted by Gasteiger charge is 2.28. The molecule has 12 heavy (non-hydrogen) atoms. The molecule has 0 spiro atoms. The van der Waals surface area contributed by atoms with Crippen molar-refractivity contribution in [3.05, 3.63) is 5.15 Å². The van der Waals surface area contributed by atoms with Gasteiger partial charge in [0.2, 0.25) is 0 Å². The summed E-state index contributed by atoms with van der Waals surface area (Å²) < 4.78 is 7.94. The van der Waals surface area contributed by atoms with Crippen LogP contribution < -0.4 is 5.32 Å². The van der Waals surface area contributed by atoms with E-state index in [-0.39, 0.29) is 0 Å². The van der Waals surface area contributed by atoms with Gasteiger partial charge in [0.1, 0.15) is 0 Å². The molecule has 1 unspecified atom stereocenters. The summed E-state index contributed by atoms with van der Waals surface area (Å²) in [5, 5.41) is 3.75. The van der Waals surface area contributed by atoms with Crippen molar-refractivity contribution in [1.29, 1.82) is 0 Å². The maximum absolute atomic E-state index is 5.78. The Hall–Kier alpha value is -0.350. The minimum atomic E-state index is 0.478. The van der Waals surface area contributed by atoms with E-state index in [1.807, 2.05) is 0 Å². The Morgan fingerprint density at radius 2 is 2.33 bits per heavy atom. The minimum absolute atomic E-state index is 0.478. The molecule has 1 aliphatic carbocycles. The number of halogens is 1. The predicted octanol–water partition coefficient (Wildman–Crippen LogP) is 2.40. The molecule has 1 atom stereocenters. The Balaban J connectivity index is 1.97. The van der Waals surface area contributed by atoms with Crippen LogP contribution in [0, 0.1) is 5.92 Å². The van der Waals surface area contributed by atoms with Crippen LogP contribution in [0.25, 0.3) is 0 Å². The van der Waals surface area contributed by atoms with Gasteiger partial charge in [-0.15, -0.1) is 0 Å². The van der Waals surface area contributed by atoms with Crippen molar-refractivity contribution in [2.24, 2.45) is 5.92 Å². The van der Waals surface area contributed by atoms with Gasteiger partial charge >= 0.3 is 0 Å². The van der Waals surface area contributed by atoms with E-state index in [1.165, 1.54) is 12.8 Å². The number of hydrogen-bond acceptors (Lipinski definition) is 4. The van der Waals surface area contributed by atoms with Gasteiger partial charge in [0, 0.05) is 6.04 Å². The average Bonchev–Trinajstić information content (AvgIpc) is 2.80. The molecule has 0 radical (unpaired) electrons. The summed E-state index contributed by atoms with van der Waals surface area (Å²) in [6.07, 6.45) is 2.65. The fourth-order valence-corrected chi connectivity index (χ4v) is 1.85. The normalized spacial score (nSPS) is 19.2. The standard InChI is InChI=1S/C7H10ClN3S/c1-4(5-2-3-5)9-7-6(8)10-12-11-7/h4-5H,2-3H2,1H3,(H,9,11). The zero-order valence-corrected chi connectivity index (χ0v) is 8.32. The summed E-state index contributed by atoms with van der Waals surface area (Å²) in [5.41, 5.74) is 0. The molecule has 0 amide bonds. The van der Waals surface area contributed by atoms with Crippen LogP contribution in [-0.2, 0) is 0 Å². The quantitative estimate of drug-likeness (QED) is 0.820. The van der Waals surface area contributed by atoms with Crippen LogP contribution in [0.1, 0.15) is 19.8 Å². The van der Waals surface area contributed by atoms with Crippen molar-refractivity contribution in [2.45, 2.75) is 25.8 Å². The molecule has 3 nitrogen and oxygen atoms in total. The summed E-state index contributed by atoms with van der Waals surface area (Å²) in [7, 11) is 0. The van der Waals surface area contributed by atoms with E-state index >= 15 is 0 Å². The van der Waals surface area contributed by atoms with E-state index < -0.39 is 0 Å². The molecular formula is C7H10ClN3S. The summed E-state index contributed by atoms with van der Waals surface area (Å²) in [6.45, 7) is 2.16. The van der Waals surface area contributed by atoms with Gasteiger partial charge in [0.05, 0.1) is 11.7 Å². The van der Waals surface area contributed by atoms with Gasteiger partial charge in [-0.1, -0.05) is 11.6 Å². The summed E-state index contributed by atoms with van der Waals surface area (Å²) in [4.78, 5) is 0. The second kappa shape index (κ2) is 3.18. The van der Waals surface area contributed by atoms with E-state index in [0.29, 0.717) is 11.2 Å². The number of aromatic nitrogens is 2. The van der Waals surface area contributed by atoms with Gasteiger partial charge < -0.3 is 5.32 Å². The summed E-state index contributed by atoms with van der Waals surface area (Å²) in [5.74, 6) is 1.55. The second-order valence-corrected chi connectivity index (χ2v) is 4.06. The molecule has 1 heterocycles. The van der Waals surface area contributed by atoms with E-state index in [2.05, 4.69) is 21.0 Å². The van der Waals surface area contributed by atoms with Crippen molar-refractivity contribution in [3.8, 4) is 0 Å². The third-order valence-corrected chi connectivity index (χ3v) is 3.03. The smallest absolute Gasteiger partial charge is 0.186 e. The molecule has 2 rings (SSSR count). The van der Waals surface area contributed by atoms with Crippen molar-refractivity contribution in [1.82, 2.24) is 8.75 Å². The third-order valence-electron chi connectivity index (χ3n) is 2.14. The zero-order valence-electron chi connectivity index (χ0n) is 6.75. The summed E-state index contributed by atoms with van der Waals surface area (Å²) >= 11 is 6.93. The Kier molecular flexibility index (Phi) is 2.19. The molecular weight excluding hydrogens is 194 g/mol. The summed E-state index contributed by atoms with van der Waals surface area (Å²) in [6, 6.07) is 0.478. The molecule has 5 heteroatoms. The Bertz CT molecular complexity index is 271. The average molecular weight is 204 g/mol. The highest BCUT2D eigenvalue weighted by Crippen LogP contribution is 2.34. The maximum Gasteiger partial charge on any atom is 0.186 e. The molecule has 0 bridgehead atoms. The third kappa shape index (κ3) is 1.69. The van der Waals surface area contributed by atoms with E-state index in [9.17, 15) is 0 Å². The molecule has 0 aromatic carbocycles. The fraction of sp³-hybridized carbons (Fsp3) is 0.714. The van der Waals surface area contributed by atoms with Crippen molar-refractivity contribution in [2.75, 3.05) is 5.32 Å². The monoisotopic (exact) mass is 203 g/mol. The first kappa shape index (κ1) is 8.26. The highest BCUT2D eigenvalue weighted by atomic mass is 35.5. The van der Waals surface area contributed by atoms with Crippen molar-refractivity contribution >= 4 is 29.1 Å². The molecule has 1 aromatic rings. The fourth-order valence-electron chi connectivity index (χ4n) is 1.19. The van der Waals surface area contributed by atoms with Crippen LogP contribution in [0.15, 0.2) is 0 Å². The molecule has 1 N–H and O–H groups in total. The molecule has 66 valence electrons. The SMILES string of the molecule is CC(Nc1nsnc1Cl)C1CC1. The zero-order chi connectivity index (χ0) is 8.55. The molecule has 0 saturated heterocycles. The second-order valence-electron chi connectivity index (χ2n) is 3.17. The van der Waals surface area contributed by atoms with Crippen molar-refractivity contribution < 1.29 is 0 Å². The van der Waals surface area contributed by atoms with Crippen LogP contribution >= 0.6 is 23.3 Å². The lowest BCUT2D eigenvalue weighted by molar-refractivity contribution is 0.692. The lowest BCUT2D eigenvalue weighted by Crippen LogP contribution is -2.17. The van der Waals surface area contributed by atoms with E-state index in [4.69, 9.17) is 11.6 Å². The van der Waals surface area contributed by atoms with Gasteiger partial charge in [-0.25, -0.2) is 0 Å². The van der Waals surface area contributed by atoms with E-state index in [1.54, 1.807) is 0 Å². The molecule has 1 aromatic heterocycles. The van der Waals surface area contributed by atoms with Gasteiger partial charge in [-0.3, -0.25) is 0 Å². The molecule has 1 saturated carbocycles. The Labute approximate surface area is 80.5 Å². The lowest BCUT2D eigenvalue weighted by Gasteiger charge is -2.10. The number of anilines is 1. The lowest BCUT2D eigenvalue weighted by atomic mass is 10.2. The predicted molar refractivity (Wildman–Crippen MR) is 50.7 cm³/mol. The van der Waals surface area contributed by atoms with Crippen LogP contribution in [0.5, 0.6) is 0 Å². The van der Waals surface area contributed by atoms with Gasteiger partial charge in [-0.2, -0.15) is 8.75 Å². The minimum Gasteiger partial charge on any atom is -0.364 e. The number of hydrogen-bond donors (Lipinski definition) is 1. The number of nitrogens with one attached hydrogen (secondary N) is 1. The molecule has 1 aliphatic rings. The first-order chi connectivity index (χ1) is 5.77. The first-order valence-corrected chi connectivity index (χ1v) is 5.13. The topological polar surface area (TPSA) is 37.8 Å². The van der Waals surface area contributed by atoms with Gasteiger partial charge in [0.15, 0.2) is 11.0 Å². The number of rotatable bonds is 3. The van der Waals surface area contributed by atoms with Crippen LogP contribution in [0.2, 0.25) is 5.15 Å². The van der Waals surface area contributed by atoms with Crippen LogP contribution in [0.3, 0.4) is 0 Å². The molecule has 1 fully saturated rings. The Morgan fingerprint density at radius 3 is 2.83 bits per heavy atom. The maximum atomic E-state index is 5.78. The van der Waals surface area contributed by atoms with Gasteiger partial charge in [-0.05, 0) is 25.7 Å². The van der Waals surface area contributed by atoms with Gasteiger partial charge in [0.25, 0.3) is 0 Å². The largest absolute Gasteiger partial charge is 0.364 e. The van der Waals surface area contributed by atoms with E-state index in [0.717, 1.165) is 23.5 Å². The van der Waals surface area contributed by atoms with Crippen LogP contribution in [-0.4, -0.2) is 14.8 Å². The van der Waals surface area contributed by atoms with Crippen molar-refractivity contribution in [3.63, 3.8) is 0 Å². The van der Waals surface area contributed by atoms with Crippen LogP contribution in [0.4, 0.5) is 5.82 Å². The molecule has 0 aliphatic heterocycles. The number of nitrogens with zero attached hydrogens (tertiary/aromatic N) is 2. The first-order valence-electron chi connectivity index (χ1n) is 4.02. The highest BCUT2D eigenvalue weighted by molar-refractivity contribution is 6.99.